The van der Waals surface area contributed by atoms with Crippen LogP contribution in [0.3, 0.4) is 0 Å². The minimum absolute atomic E-state index is 0.00702. The van der Waals surface area contributed by atoms with Crippen molar-refractivity contribution < 1.29 is 14.7 Å². The van der Waals surface area contributed by atoms with E-state index in [1.165, 1.54) is 16.8 Å². The van der Waals surface area contributed by atoms with Crippen LogP contribution in [0.4, 0.5) is 0 Å². The van der Waals surface area contributed by atoms with Crippen molar-refractivity contribution in [2.45, 2.75) is 38.0 Å². The highest BCUT2D eigenvalue weighted by atomic mass is 32.2. The van der Waals surface area contributed by atoms with Gasteiger partial charge in [0.1, 0.15) is 6.04 Å². The van der Waals surface area contributed by atoms with E-state index in [4.69, 9.17) is 5.11 Å². The lowest BCUT2D eigenvalue weighted by Gasteiger charge is -2.19. The van der Waals surface area contributed by atoms with Crippen LogP contribution in [-0.2, 0) is 9.59 Å². The number of carbonyl (C=O) groups excluding carboxylic acids is 1. The van der Waals surface area contributed by atoms with Gasteiger partial charge in [0.2, 0.25) is 5.91 Å². The van der Waals surface area contributed by atoms with Gasteiger partial charge in [-0.15, -0.1) is 0 Å². The van der Waals surface area contributed by atoms with E-state index in [0.29, 0.717) is 0 Å². The standard InChI is InChI=1S/C12H17N3O4S/c1-7(2)13-11(19)8(3)15-5-4-9(16)14-12(15)20-6-10(17)18/h4-5,7-8H,6H2,1-3H3,(H,13,19)(H,17,18). The number of carboxylic acids is 1. The van der Waals surface area contributed by atoms with Crippen molar-refractivity contribution in [3.8, 4) is 0 Å². The first-order valence-electron chi connectivity index (χ1n) is 6.05. The molecule has 0 bridgehead atoms. The fourth-order valence-corrected chi connectivity index (χ4v) is 2.23. The van der Waals surface area contributed by atoms with E-state index >= 15 is 0 Å². The molecule has 1 rings (SSSR count). The Hall–Kier alpha value is -1.83. The Morgan fingerprint density at radius 3 is 2.65 bits per heavy atom. The van der Waals surface area contributed by atoms with Crippen LogP contribution in [0.5, 0.6) is 0 Å². The van der Waals surface area contributed by atoms with Gasteiger partial charge in [0.15, 0.2) is 5.16 Å². The zero-order chi connectivity index (χ0) is 15.3. The normalized spacial score (nSPS) is 12.2. The second-order valence-electron chi connectivity index (χ2n) is 4.48. The number of hydrogen-bond donors (Lipinski definition) is 2. The predicted molar refractivity (Wildman–Crippen MR) is 74.8 cm³/mol. The molecule has 0 aliphatic carbocycles. The van der Waals surface area contributed by atoms with E-state index in [1.807, 2.05) is 13.8 Å². The number of amides is 1. The molecular formula is C12H17N3O4S. The van der Waals surface area contributed by atoms with Crippen molar-refractivity contribution in [3.63, 3.8) is 0 Å². The Kier molecular flexibility index (Phi) is 5.75. The maximum Gasteiger partial charge on any atom is 0.313 e. The molecular weight excluding hydrogens is 282 g/mol. The molecule has 0 spiro atoms. The SMILES string of the molecule is CC(C)NC(=O)C(C)n1ccc(=O)nc1SCC(=O)O. The highest BCUT2D eigenvalue weighted by Crippen LogP contribution is 2.18. The number of thioether (sulfide) groups is 1. The van der Waals surface area contributed by atoms with Crippen LogP contribution in [-0.4, -0.2) is 38.3 Å². The maximum atomic E-state index is 12.0. The second kappa shape index (κ2) is 7.09. The lowest BCUT2D eigenvalue weighted by Crippen LogP contribution is -2.36. The van der Waals surface area contributed by atoms with Crippen LogP contribution < -0.4 is 10.9 Å². The zero-order valence-electron chi connectivity index (χ0n) is 11.5. The van der Waals surface area contributed by atoms with Crippen LogP contribution in [0.2, 0.25) is 0 Å². The van der Waals surface area contributed by atoms with Gasteiger partial charge in [-0.2, -0.15) is 4.98 Å². The van der Waals surface area contributed by atoms with Crippen molar-refractivity contribution in [3.05, 3.63) is 22.6 Å². The summed E-state index contributed by atoms with van der Waals surface area (Å²) in [5, 5.41) is 11.7. The van der Waals surface area contributed by atoms with Crippen molar-refractivity contribution in [2.24, 2.45) is 0 Å². The van der Waals surface area contributed by atoms with Crippen molar-refractivity contribution in [1.29, 1.82) is 0 Å². The lowest BCUT2D eigenvalue weighted by atomic mass is 10.3. The Bertz CT molecular complexity index is 556. The van der Waals surface area contributed by atoms with E-state index < -0.39 is 17.6 Å². The van der Waals surface area contributed by atoms with Crippen molar-refractivity contribution >= 4 is 23.6 Å². The summed E-state index contributed by atoms with van der Waals surface area (Å²) in [5.74, 6) is -1.46. The van der Waals surface area contributed by atoms with Crippen LogP contribution in [0.15, 0.2) is 22.2 Å². The Labute approximate surface area is 120 Å². The average Bonchev–Trinajstić information content (AvgIpc) is 2.34. The minimum Gasteiger partial charge on any atom is -0.481 e. The summed E-state index contributed by atoms with van der Waals surface area (Å²) in [5.41, 5.74) is -0.467. The molecule has 20 heavy (non-hydrogen) atoms. The van der Waals surface area contributed by atoms with Crippen LogP contribution in [0.1, 0.15) is 26.8 Å². The molecule has 110 valence electrons. The molecule has 8 heteroatoms. The number of rotatable bonds is 6. The average molecular weight is 299 g/mol. The first-order chi connectivity index (χ1) is 9.31. The topological polar surface area (TPSA) is 101 Å². The number of aliphatic carboxylic acids is 1. The molecule has 1 atom stereocenters. The minimum atomic E-state index is -1.01. The maximum absolute atomic E-state index is 12.0. The highest BCUT2D eigenvalue weighted by molar-refractivity contribution is 7.99. The fraction of sp³-hybridized carbons (Fsp3) is 0.500. The third-order valence-corrected chi connectivity index (χ3v) is 3.31. The number of carbonyl (C=O) groups is 2. The van der Waals surface area contributed by atoms with E-state index in [-0.39, 0.29) is 22.9 Å². The predicted octanol–water partition coefficient (Wildman–Crippen LogP) is 0.506. The molecule has 0 aliphatic rings. The van der Waals surface area contributed by atoms with Gasteiger partial charge >= 0.3 is 5.97 Å². The first-order valence-corrected chi connectivity index (χ1v) is 7.04. The van der Waals surface area contributed by atoms with Gasteiger partial charge in [-0.3, -0.25) is 14.4 Å². The van der Waals surface area contributed by atoms with E-state index in [9.17, 15) is 14.4 Å². The number of aromatic nitrogens is 2. The molecule has 0 radical (unpaired) electrons. The number of hydrogen-bond acceptors (Lipinski definition) is 5. The van der Waals surface area contributed by atoms with Gasteiger partial charge in [-0.05, 0) is 20.8 Å². The molecule has 0 aliphatic heterocycles. The van der Waals surface area contributed by atoms with Crippen molar-refractivity contribution in [1.82, 2.24) is 14.9 Å². The van der Waals surface area contributed by atoms with Gasteiger partial charge in [0, 0.05) is 18.3 Å². The summed E-state index contributed by atoms with van der Waals surface area (Å²) in [4.78, 5) is 37.6. The summed E-state index contributed by atoms with van der Waals surface area (Å²) in [6, 6.07) is 0.651. The van der Waals surface area contributed by atoms with E-state index in [2.05, 4.69) is 10.3 Å². The van der Waals surface area contributed by atoms with Crippen LogP contribution in [0, 0.1) is 0 Å². The van der Waals surface area contributed by atoms with E-state index in [1.54, 1.807) is 6.92 Å². The molecule has 0 saturated carbocycles. The van der Waals surface area contributed by atoms with Gasteiger partial charge < -0.3 is 15.0 Å². The summed E-state index contributed by atoms with van der Waals surface area (Å²) in [6.45, 7) is 5.34. The largest absolute Gasteiger partial charge is 0.481 e. The molecule has 2 N–H and O–H groups in total. The Balaban J connectivity index is 3.00. The number of nitrogens with one attached hydrogen (secondary N) is 1. The van der Waals surface area contributed by atoms with Gasteiger partial charge in [0.25, 0.3) is 5.56 Å². The Morgan fingerprint density at radius 1 is 1.45 bits per heavy atom. The van der Waals surface area contributed by atoms with Gasteiger partial charge in [-0.25, -0.2) is 0 Å². The van der Waals surface area contributed by atoms with Gasteiger partial charge in [0.05, 0.1) is 5.75 Å². The molecule has 1 aromatic rings. The molecule has 0 fully saturated rings. The molecule has 0 saturated heterocycles. The van der Waals surface area contributed by atoms with Crippen LogP contribution >= 0.6 is 11.8 Å². The highest BCUT2D eigenvalue weighted by Gasteiger charge is 2.18. The third-order valence-electron chi connectivity index (χ3n) is 2.36. The summed E-state index contributed by atoms with van der Waals surface area (Å²) >= 11 is 0.906. The summed E-state index contributed by atoms with van der Waals surface area (Å²) in [7, 11) is 0. The molecule has 7 nitrogen and oxygen atoms in total. The van der Waals surface area contributed by atoms with E-state index in [0.717, 1.165) is 11.8 Å². The molecule has 1 aromatic heterocycles. The fourth-order valence-electron chi connectivity index (χ4n) is 1.46. The van der Waals surface area contributed by atoms with Crippen molar-refractivity contribution in [2.75, 3.05) is 5.75 Å². The smallest absolute Gasteiger partial charge is 0.313 e. The Morgan fingerprint density at radius 2 is 2.10 bits per heavy atom. The quantitative estimate of drug-likeness (QED) is 0.586. The monoisotopic (exact) mass is 299 g/mol. The number of nitrogens with zero attached hydrogens (tertiary/aromatic N) is 2. The molecule has 1 unspecified atom stereocenters. The molecule has 1 amide bonds. The zero-order valence-corrected chi connectivity index (χ0v) is 12.3. The summed E-state index contributed by atoms with van der Waals surface area (Å²) in [6.07, 6.45) is 1.45. The van der Waals surface area contributed by atoms with Gasteiger partial charge in [-0.1, -0.05) is 11.8 Å². The molecule has 1 heterocycles. The lowest BCUT2D eigenvalue weighted by molar-refractivity contribution is -0.134. The third kappa shape index (κ3) is 4.69. The number of carboxylic acid groups (broad SMARTS) is 1. The summed E-state index contributed by atoms with van der Waals surface area (Å²) < 4.78 is 1.49. The second-order valence-corrected chi connectivity index (χ2v) is 5.42. The van der Waals surface area contributed by atoms with Crippen LogP contribution in [0.25, 0.3) is 0 Å². The molecule has 0 aromatic carbocycles. The first kappa shape index (κ1) is 16.2.